The lowest BCUT2D eigenvalue weighted by Crippen LogP contribution is -2.39. The van der Waals surface area contributed by atoms with Crippen molar-refractivity contribution in [2.45, 2.75) is 17.1 Å². The summed E-state index contributed by atoms with van der Waals surface area (Å²) in [7, 11) is 1.14. The molecule has 1 aliphatic rings. The van der Waals surface area contributed by atoms with E-state index in [9.17, 15) is 14.4 Å². The van der Waals surface area contributed by atoms with E-state index in [2.05, 4.69) is 4.74 Å². The fourth-order valence-electron chi connectivity index (χ4n) is 1.98. The highest BCUT2D eigenvalue weighted by atomic mass is 32.2. The molecule has 0 bridgehead atoms. The number of ether oxygens (including phenoxy) is 1. The molecule has 1 aromatic carbocycles. The Labute approximate surface area is 109 Å². The quantitative estimate of drug-likeness (QED) is 0.462. The van der Waals surface area contributed by atoms with Gasteiger partial charge in [0.05, 0.1) is 7.11 Å². The van der Waals surface area contributed by atoms with Crippen LogP contribution in [0.3, 0.4) is 0 Å². The van der Waals surface area contributed by atoms with Crippen molar-refractivity contribution in [3.8, 4) is 0 Å². The van der Waals surface area contributed by atoms with Gasteiger partial charge in [0, 0.05) is 15.7 Å². The molecule has 0 fully saturated rings. The Morgan fingerprint density at radius 1 is 1.28 bits per heavy atom. The highest BCUT2D eigenvalue weighted by Crippen LogP contribution is 2.38. The van der Waals surface area contributed by atoms with Crippen molar-refractivity contribution in [2.24, 2.45) is 5.92 Å². The van der Waals surface area contributed by atoms with E-state index in [1.54, 1.807) is 19.1 Å². The Morgan fingerprint density at radius 3 is 2.61 bits per heavy atom. The minimum Gasteiger partial charge on any atom is -0.463 e. The molecule has 0 saturated carbocycles. The van der Waals surface area contributed by atoms with Crippen molar-refractivity contribution in [2.75, 3.05) is 7.11 Å². The molecule has 1 heterocycles. The largest absolute Gasteiger partial charge is 0.463 e. The Balaban J connectivity index is 2.38. The third-order valence-corrected chi connectivity index (χ3v) is 4.14. The average Bonchev–Trinajstić information content (AvgIpc) is 2.37. The van der Waals surface area contributed by atoms with Crippen LogP contribution in [0.2, 0.25) is 0 Å². The summed E-state index contributed by atoms with van der Waals surface area (Å²) in [5.74, 6) is -2.97. The summed E-state index contributed by atoms with van der Waals surface area (Å²) in [5, 5.41) is -0.265. The van der Waals surface area contributed by atoms with Gasteiger partial charge >= 0.3 is 5.97 Å². The van der Waals surface area contributed by atoms with Gasteiger partial charge in [-0.1, -0.05) is 25.1 Å². The summed E-state index contributed by atoms with van der Waals surface area (Å²) in [6, 6.07) is 7.10. The number of ketones is 2. The van der Waals surface area contributed by atoms with Gasteiger partial charge in [0.2, 0.25) is 0 Å². The third-order valence-electron chi connectivity index (χ3n) is 2.89. The number of esters is 1. The molecule has 0 aliphatic carbocycles. The van der Waals surface area contributed by atoms with Crippen molar-refractivity contribution in [3.05, 3.63) is 29.8 Å². The fourth-order valence-corrected chi connectivity index (χ4v) is 3.22. The number of carbonyl (C=O) groups is 3. The molecular weight excluding hydrogens is 252 g/mol. The van der Waals surface area contributed by atoms with Gasteiger partial charge in [-0.3, -0.25) is 9.59 Å². The van der Waals surface area contributed by atoms with Crippen LogP contribution in [0.5, 0.6) is 0 Å². The molecule has 0 N–H and O–H groups in total. The van der Waals surface area contributed by atoms with Crippen LogP contribution in [-0.4, -0.2) is 29.9 Å². The SMILES string of the molecule is COC(=O)C(=O)C1C(=O)c2ccccc2SC1C. The summed E-state index contributed by atoms with van der Waals surface area (Å²) in [6.07, 6.45) is 0. The molecule has 2 unspecified atom stereocenters. The van der Waals surface area contributed by atoms with Gasteiger partial charge in [0.25, 0.3) is 5.78 Å². The lowest BCUT2D eigenvalue weighted by atomic mass is 9.90. The molecule has 2 rings (SSSR count). The lowest BCUT2D eigenvalue weighted by Gasteiger charge is -2.26. The maximum Gasteiger partial charge on any atom is 0.375 e. The molecule has 94 valence electrons. The zero-order valence-electron chi connectivity index (χ0n) is 10.0. The second kappa shape index (κ2) is 4.94. The molecule has 0 saturated heterocycles. The number of Topliss-reactive ketones (excluding diaryl/α,β-unsaturated/α-hetero) is 2. The van der Waals surface area contributed by atoms with Crippen LogP contribution < -0.4 is 0 Å². The number of fused-ring (bicyclic) bond motifs is 1. The van der Waals surface area contributed by atoms with E-state index in [0.717, 1.165) is 12.0 Å². The number of hydrogen-bond acceptors (Lipinski definition) is 5. The monoisotopic (exact) mass is 264 g/mol. The topological polar surface area (TPSA) is 60.4 Å². The molecule has 4 nitrogen and oxygen atoms in total. The summed E-state index contributed by atoms with van der Waals surface area (Å²) < 4.78 is 4.40. The molecule has 2 atom stereocenters. The van der Waals surface area contributed by atoms with E-state index >= 15 is 0 Å². The Morgan fingerprint density at radius 2 is 1.94 bits per heavy atom. The Bertz CT molecular complexity index is 523. The first-order valence-corrected chi connectivity index (χ1v) is 6.36. The maximum atomic E-state index is 12.2. The first-order valence-electron chi connectivity index (χ1n) is 5.48. The van der Waals surface area contributed by atoms with Crippen LogP contribution in [0.15, 0.2) is 29.2 Å². The van der Waals surface area contributed by atoms with E-state index in [1.807, 2.05) is 12.1 Å². The number of thioether (sulfide) groups is 1. The lowest BCUT2D eigenvalue weighted by molar-refractivity contribution is -0.152. The van der Waals surface area contributed by atoms with Gasteiger partial charge < -0.3 is 4.74 Å². The molecule has 5 heteroatoms. The zero-order chi connectivity index (χ0) is 13.3. The van der Waals surface area contributed by atoms with E-state index < -0.39 is 17.7 Å². The molecule has 1 aromatic rings. The second-order valence-electron chi connectivity index (χ2n) is 4.02. The average molecular weight is 264 g/mol. The highest BCUT2D eigenvalue weighted by molar-refractivity contribution is 8.00. The van der Waals surface area contributed by atoms with Gasteiger partial charge in [-0.15, -0.1) is 11.8 Å². The van der Waals surface area contributed by atoms with Crippen molar-refractivity contribution < 1.29 is 19.1 Å². The molecular formula is C13H12O4S. The van der Waals surface area contributed by atoms with Gasteiger partial charge in [0.15, 0.2) is 5.78 Å². The summed E-state index contributed by atoms with van der Waals surface area (Å²) in [6.45, 7) is 1.77. The van der Waals surface area contributed by atoms with Crippen LogP contribution >= 0.6 is 11.8 Å². The van der Waals surface area contributed by atoms with E-state index in [1.165, 1.54) is 11.8 Å². The van der Waals surface area contributed by atoms with Crippen LogP contribution in [-0.2, 0) is 14.3 Å². The van der Waals surface area contributed by atoms with E-state index in [0.29, 0.717) is 5.56 Å². The van der Waals surface area contributed by atoms with Gasteiger partial charge in [0.1, 0.15) is 5.92 Å². The molecule has 0 aromatic heterocycles. The molecule has 18 heavy (non-hydrogen) atoms. The minimum absolute atomic E-state index is 0.265. The molecule has 1 aliphatic heterocycles. The normalized spacial score (nSPS) is 22.2. The van der Waals surface area contributed by atoms with Gasteiger partial charge in [-0.25, -0.2) is 4.79 Å². The predicted octanol–water partition coefficient (Wildman–Crippen LogP) is 1.72. The summed E-state index contributed by atoms with van der Waals surface area (Å²) in [5.41, 5.74) is 0.503. The van der Waals surface area contributed by atoms with Crippen molar-refractivity contribution in [3.63, 3.8) is 0 Å². The van der Waals surface area contributed by atoms with Crippen LogP contribution in [0.1, 0.15) is 17.3 Å². The zero-order valence-corrected chi connectivity index (χ0v) is 10.8. The number of carbonyl (C=O) groups excluding carboxylic acids is 3. The molecule has 0 spiro atoms. The third kappa shape index (κ3) is 2.06. The van der Waals surface area contributed by atoms with Crippen molar-refractivity contribution >= 4 is 29.3 Å². The van der Waals surface area contributed by atoms with Crippen molar-refractivity contribution in [1.82, 2.24) is 0 Å². The summed E-state index contributed by atoms with van der Waals surface area (Å²) in [4.78, 5) is 36.2. The predicted molar refractivity (Wildman–Crippen MR) is 66.6 cm³/mol. The number of benzene rings is 1. The van der Waals surface area contributed by atoms with E-state index in [4.69, 9.17) is 0 Å². The highest BCUT2D eigenvalue weighted by Gasteiger charge is 2.41. The van der Waals surface area contributed by atoms with E-state index in [-0.39, 0.29) is 11.0 Å². The molecule has 0 amide bonds. The maximum absolute atomic E-state index is 12.2. The smallest absolute Gasteiger partial charge is 0.375 e. The minimum atomic E-state index is -0.958. The molecule has 0 radical (unpaired) electrons. The number of hydrogen-bond donors (Lipinski definition) is 0. The number of methoxy groups -OCH3 is 1. The van der Waals surface area contributed by atoms with Crippen LogP contribution in [0.25, 0.3) is 0 Å². The summed E-state index contributed by atoms with van der Waals surface area (Å²) >= 11 is 1.43. The fraction of sp³-hybridized carbons (Fsp3) is 0.308. The van der Waals surface area contributed by atoms with Crippen molar-refractivity contribution in [1.29, 1.82) is 0 Å². The Hall–Kier alpha value is -1.62. The van der Waals surface area contributed by atoms with Crippen LogP contribution in [0.4, 0.5) is 0 Å². The first kappa shape index (κ1) is 12.8. The number of rotatable bonds is 2. The first-order chi connectivity index (χ1) is 8.56. The Kier molecular flexibility index (Phi) is 3.52. The van der Waals surface area contributed by atoms with Crippen LogP contribution in [0, 0.1) is 5.92 Å². The van der Waals surface area contributed by atoms with Gasteiger partial charge in [-0.05, 0) is 6.07 Å². The van der Waals surface area contributed by atoms with Gasteiger partial charge in [-0.2, -0.15) is 0 Å². The second-order valence-corrected chi connectivity index (χ2v) is 5.44. The standard InChI is InChI=1S/C13H12O4S/c1-7-10(12(15)13(16)17-2)11(14)8-5-3-4-6-9(8)18-7/h3-7,10H,1-2H3.